The highest BCUT2D eigenvalue weighted by Gasteiger charge is 2.52. The summed E-state index contributed by atoms with van der Waals surface area (Å²) in [4.78, 5) is 12.7. The van der Waals surface area contributed by atoms with E-state index in [1.165, 1.54) is 11.0 Å². The van der Waals surface area contributed by atoms with E-state index in [1.54, 1.807) is 18.2 Å². The number of halogens is 3. The molecule has 7 heteroatoms. The van der Waals surface area contributed by atoms with E-state index in [0.29, 0.717) is 23.3 Å². The first-order valence-electron chi connectivity index (χ1n) is 6.75. The van der Waals surface area contributed by atoms with Crippen molar-refractivity contribution in [2.24, 2.45) is 0 Å². The number of rotatable bonds is 0. The van der Waals surface area contributed by atoms with Crippen LogP contribution >= 0.6 is 0 Å². The van der Waals surface area contributed by atoms with Gasteiger partial charge in [0.05, 0.1) is 0 Å². The van der Waals surface area contributed by atoms with Crippen molar-refractivity contribution >= 4 is 11.8 Å². The number of benzene rings is 1. The van der Waals surface area contributed by atoms with Gasteiger partial charge in [-0.05, 0) is 24.5 Å². The van der Waals surface area contributed by atoms with E-state index < -0.39 is 17.8 Å². The number of alkyl halides is 3. The second kappa shape index (κ2) is 4.54. The number of hydrogen-bond acceptors (Lipinski definition) is 2. The van der Waals surface area contributed by atoms with Crippen LogP contribution in [-0.4, -0.2) is 42.0 Å². The molecule has 1 N–H and O–H groups in total. The SMILES string of the molecule is O=C(O)N1CCC2(CC1)CN(C(F)(F)F)c1ccccc12. The molecule has 0 aliphatic carbocycles. The summed E-state index contributed by atoms with van der Waals surface area (Å²) in [6.45, 7) is 0.425. The van der Waals surface area contributed by atoms with Gasteiger partial charge < -0.3 is 10.0 Å². The molecule has 0 atom stereocenters. The summed E-state index contributed by atoms with van der Waals surface area (Å²) in [7, 11) is 0. The Balaban J connectivity index is 1.94. The molecule has 21 heavy (non-hydrogen) atoms. The predicted octanol–water partition coefficient (Wildman–Crippen LogP) is 3.04. The van der Waals surface area contributed by atoms with Crippen molar-refractivity contribution in [3.8, 4) is 0 Å². The molecule has 1 amide bonds. The fourth-order valence-electron chi connectivity index (χ4n) is 3.41. The van der Waals surface area contributed by atoms with Crippen molar-refractivity contribution in [3.63, 3.8) is 0 Å². The van der Waals surface area contributed by atoms with Crippen LogP contribution in [0.2, 0.25) is 0 Å². The van der Waals surface area contributed by atoms with Crippen LogP contribution < -0.4 is 4.90 Å². The Hall–Kier alpha value is -1.92. The number of para-hydroxylation sites is 1. The second-order valence-electron chi connectivity index (χ2n) is 5.62. The number of nitrogens with zero attached hydrogens (tertiary/aromatic N) is 2. The number of carbonyl (C=O) groups is 1. The third-order valence-corrected chi connectivity index (χ3v) is 4.52. The summed E-state index contributed by atoms with van der Waals surface area (Å²) >= 11 is 0. The molecule has 1 aromatic carbocycles. The molecule has 0 saturated carbocycles. The topological polar surface area (TPSA) is 43.8 Å². The van der Waals surface area contributed by atoms with Crippen LogP contribution in [0.5, 0.6) is 0 Å². The molecule has 114 valence electrons. The Kier molecular flexibility index (Phi) is 3.04. The highest BCUT2D eigenvalue weighted by atomic mass is 19.4. The smallest absolute Gasteiger partial charge is 0.465 e. The summed E-state index contributed by atoms with van der Waals surface area (Å²) in [6, 6.07) is 6.56. The molecule has 2 heterocycles. The van der Waals surface area contributed by atoms with Crippen molar-refractivity contribution in [1.29, 1.82) is 0 Å². The lowest BCUT2D eigenvalue weighted by Gasteiger charge is -2.39. The molecule has 0 unspecified atom stereocenters. The number of likely N-dealkylation sites (tertiary alicyclic amines) is 1. The van der Waals surface area contributed by atoms with E-state index in [1.807, 2.05) is 0 Å². The maximum absolute atomic E-state index is 13.2. The van der Waals surface area contributed by atoms with Crippen molar-refractivity contribution in [2.45, 2.75) is 24.6 Å². The summed E-state index contributed by atoms with van der Waals surface area (Å²) in [5, 5.41) is 8.98. The normalized spacial score (nSPS) is 20.7. The third-order valence-electron chi connectivity index (χ3n) is 4.52. The third kappa shape index (κ3) is 2.20. The standard InChI is InChI=1S/C14H15F3N2O2/c15-14(16,17)19-9-13(10-3-1-2-4-11(10)19)5-7-18(8-6-13)12(20)21/h1-4H,5-9H2,(H,20,21). The highest BCUT2D eigenvalue weighted by Crippen LogP contribution is 2.49. The predicted molar refractivity (Wildman–Crippen MR) is 70.4 cm³/mol. The fraction of sp³-hybridized carbons (Fsp3) is 0.500. The van der Waals surface area contributed by atoms with Crippen LogP contribution in [0.4, 0.5) is 23.7 Å². The molecule has 0 aromatic heterocycles. The molecule has 0 radical (unpaired) electrons. The van der Waals surface area contributed by atoms with Crippen molar-refractivity contribution < 1.29 is 23.1 Å². The van der Waals surface area contributed by atoms with E-state index in [9.17, 15) is 18.0 Å². The van der Waals surface area contributed by atoms with Gasteiger partial charge in [0.25, 0.3) is 0 Å². The molecule has 1 spiro atoms. The van der Waals surface area contributed by atoms with Gasteiger partial charge in [-0.25, -0.2) is 4.79 Å². The number of fused-ring (bicyclic) bond motifs is 2. The lowest BCUT2D eigenvalue weighted by Crippen LogP contribution is -2.48. The number of piperidine rings is 1. The number of amides is 1. The fourth-order valence-corrected chi connectivity index (χ4v) is 3.41. The Labute approximate surface area is 119 Å². The van der Waals surface area contributed by atoms with Crippen LogP contribution in [-0.2, 0) is 5.41 Å². The van der Waals surface area contributed by atoms with Gasteiger partial charge in [0.15, 0.2) is 0 Å². The van der Waals surface area contributed by atoms with E-state index in [-0.39, 0.29) is 25.3 Å². The zero-order valence-corrected chi connectivity index (χ0v) is 11.2. The number of carboxylic acid groups (broad SMARTS) is 1. The van der Waals surface area contributed by atoms with Crippen LogP contribution in [0.3, 0.4) is 0 Å². The van der Waals surface area contributed by atoms with Gasteiger partial charge >= 0.3 is 12.4 Å². The maximum Gasteiger partial charge on any atom is 0.484 e. The minimum absolute atomic E-state index is 0.122. The van der Waals surface area contributed by atoms with Gasteiger partial charge in [-0.3, -0.25) is 4.90 Å². The van der Waals surface area contributed by atoms with Crippen LogP contribution in [0, 0.1) is 0 Å². The van der Waals surface area contributed by atoms with Gasteiger partial charge in [0.2, 0.25) is 0 Å². The quantitative estimate of drug-likeness (QED) is 0.749. The molecular weight excluding hydrogens is 285 g/mol. The van der Waals surface area contributed by atoms with Gasteiger partial charge in [0, 0.05) is 30.7 Å². The Bertz CT molecular complexity index is 566. The lowest BCUT2D eigenvalue weighted by atomic mass is 9.74. The van der Waals surface area contributed by atoms with Gasteiger partial charge in [-0.15, -0.1) is 0 Å². The average molecular weight is 300 g/mol. The van der Waals surface area contributed by atoms with Crippen molar-refractivity contribution in [2.75, 3.05) is 24.5 Å². The van der Waals surface area contributed by atoms with Gasteiger partial charge in [0.1, 0.15) is 0 Å². The summed E-state index contributed by atoms with van der Waals surface area (Å²) in [5.74, 6) is 0. The minimum atomic E-state index is -4.41. The summed E-state index contributed by atoms with van der Waals surface area (Å²) < 4.78 is 39.6. The van der Waals surface area contributed by atoms with E-state index in [0.717, 1.165) is 0 Å². The lowest BCUT2D eigenvalue weighted by molar-refractivity contribution is -0.130. The van der Waals surface area contributed by atoms with Crippen LogP contribution in [0.25, 0.3) is 0 Å². The molecule has 2 aliphatic heterocycles. The molecule has 2 aliphatic rings. The highest BCUT2D eigenvalue weighted by molar-refractivity contribution is 5.66. The first kappa shape index (κ1) is 14.0. The maximum atomic E-state index is 13.2. The Morgan fingerprint density at radius 3 is 2.38 bits per heavy atom. The number of anilines is 1. The largest absolute Gasteiger partial charge is 0.484 e. The molecular formula is C14H15F3N2O2. The monoisotopic (exact) mass is 300 g/mol. The molecule has 1 aromatic rings. The average Bonchev–Trinajstić information content (AvgIpc) is 2.75. The Morgan fingerprint density at radius 1 is 1.19 bits per heavy atom. The Morgan fingerprint density at radius 2 is 1.81 bits per heavy atom. The van der Waals surface area contributed by atoms with Gasteiger partial charge in [-0.1, -0.05) is 18.2 Å². The molecule has 4 nitrogen and oxygen atoms in total. The molecule has 3 rings (SSSR count). The van der Waals surface area contributed by atoms with E-state index in [2.05, 4.69) is 0 Å². The zero-order chi connectivity index (χ0) is 15.3. The van der Waals surface area contributed by atoms with Gasteiger partial charge in [-0.2, -0.15) is 13.2 Å². The van der Waals surface area contributed by atoms with Crippen molar-refractivity contribution in [1.82, 2.24) is 4.90 Å². The van der Waals surface area contributed by atoms with Crippen LogP contribution in [0.1, 0.15) is 18.4 Å². The first-order chi connectivity index (χ1) is 9.83. The molecule has 0 bridgehead atoms. The van der Waals surface area contributed by atoms with Crippen molar-refractivity contribution in [3.05, 3.63) is 29.8 Å². The molecule has 1 fully saturated rings. The zero-order valence-electron chi connectivity index (χ0n) is 11.2. The first-order valence-corrected chi connectivity index (χ1v) is 6.75. The number of hydrogen-bond donors (Lipinski definition) is 1. The summed E-state index contributed by atoms with van der Waals surface area (Å²) in [6.07, 6.45) is -4.58. The van der Waals surface area contributed by atoms with E-state index in [4.69, 9.17) is 5.11 Å². The summed E-state index contributed by atoms with van der Waals surface area (Å²) in [5.41, 5.74) is 0.291. The van der Waals surface area contributed by atoms with Crippen LogP contribution in [0.15, 0.2) is 24.3 Å². The minimum Gasteiger partial charge on any atom is -0.465 e. The second-order valence-corrected chi connectivity index (χ2v) is 5.62. The molecule has 1 saturated heterocycles. The van der Waals surface area contributed by atoms with E-state index >= 15 is 0 Å².